The molecule has 0 radical (unpaired) electrons. The van der Waals surface area contributed by atoms with Crippen LogP contribution in [0.2, 0.25) is 0 Å². The highest BCUT2D eigenvalue weighted by molar-refractivity contribution is 5.60. The maximum Gasteiger partial charge on any atom is 0.127 e. The lowest BCUT2D eigenvalue weighted by atomic mass is 9.81. The molecule has 0 spiro atoms. The van der Waals surface area contributed by atoms with Gasteiger partial charge in [-0.3, -0.25) is 4.90 Å². The van der Waals surface area contributed by atoms with Crippen molar-refractivity contribution >= 4 is 6.29 Å². The average molecular weight is 243 g/mol. The number of hydrogen-bond acceptors (Lipinski definition) is 5. The predicted octanol–water partition coefficient (Wildman–Crippen LogP) is -0.325. The first kappa shape index (κ1) is 13.0. The maximum absolute atomic E-state index is 11.3. The minimum absolute atomic E-state index is 0.0493. The van der Waals surface area contributed by atoms with Crippen LogP contribution in [0.25, 0.3) is 0 Å². The Kier molecular flexibility index (Phi) is 4.50. The van der Waals surface area contributed by atoms with Crippen LogP contribution < -0.4 is 0 Å². The molecule has 2 aliphatic heterocycles. The van der Waals surface area contributed by atoms with Crippen molar-refractivity contribution in [3.8, 4) is 0 Å². The molecule has 0 bridgehead atoms. The molecule has 2 rings (SSSR count). The Morgan fingerprint density at radius 3 is 2.76 bits per heavy atom. The average Bonchev–Trinajstić information content (AvgIpc) is 2.40. The quantitative estimate of drug-likeness (QED) is 0.685. The number of rotatable bonds is 4. The maximum atomic E-state index is 11.3. The van der Waals surface area contributed by atoms with Gasteiger partial charge >= 0.3 is 0 Å². The van der Waals surface area contributed by atoms with Crippen molar-refractivity contribution in [2.75, 3.05) is 46.1 Å². The van der Waals surface area contributed by atoms with Crippen molar-refractivity contribution in [1.82, 2.24) is 4.90 Å². The third-order valence-electron chi connectivity index (χ3n) is 3.70. The Balaban J connectivity index is 1.91. The van der Waals surface area contributed by atoms with Crippen molar-refractivity contribution in [3.05, 3.63) is 0 Å². The zero-order valence-electron chi connectivity index (χ0n) is 10.1. The van der Waals surface area contributed by atoms with Crippen LogP contribution in [0.5, 0.6) is 0 Å². The second kappa shape index (κ2) is 5.91. The molecule has 2 heterocycles. The normalized spacial score (nSPS) is 30.1. The monoisotopic (exact) mass is 243 g/mol. The van der Waals surface area contributed by atoms with Gasteiger partial charge in [0.25, 0.3) is 0 Å². The van der Waals surface area contributed by atoms with E-state index in [1.54, 1.807) is 0 Å². The summed E-state index contributed by atoms with van der Waals surface area (Å²) < 4.78 is 10.7. The number of hydrogen-bond donors (Lipinski definition) is 1. The number of aliphatic hydroxyl groups is 1. The SMILES string of the molecule is O=CC1(CN2CCOC(CO)C2)CCOCC1. The molecule has 0 aromatic carbocycles. The number of aldehydes is 1. The van der Waals surface area contributed by atoms with E-state index in [1.165, 1.54) is 0 Å². The summed E-state index contributed by atoms with van der Waals surface area (Å²) in [6.07, 6.45) is 2.60. The zero-order valence-corrected chi connectivity index (χ0v) is 10.1. The molecule has 17 heavy (non-hydrogen) atoms. The number of aliphatic hydroxyl groups excluding tert-OH is 1. The molecule has 0 aromatic rings. The molecule has 98 valence electrons. The Bertz CT molecular complexity index is 253. The number of morpholine rings is 1. The fourth-order valence-electron chi connectivity index (χ4n) is 2.57. The number of carbonyl (C=O) groups is 1. The topological polar surface area (TPSA) is 59.0 Å². The van der Waals surface area contributed by atoms with Crippen LogP contribution in [-0.2, 0) is 14.3 Å². The molecule has 1 atom stereocenters. The molecule has 0 saturated carbocycles. The van der Waals surface area contributed by atoms with Gasteiger partial charge in [-0.1, -0.05) is 0 Å². The van der Waals surface area contributed by atoms with Crippen LogP contribution in [0.3, 0.4) is 0 Å². The van der Waals surface area contributed by atoms with E-state index in [0.29, 0.717) is 26.4 Å². The van der Waals surface area contributed by atoms with E-state index in [4.69, 9.17) is 14.6 Å². The third-order valence-corrected chi connectivity index (χ3v) is 3.70. The Hall–Kier alpha value is -0.490. The lowest BCUT2D eigenvalue weighted by molar-refractivity contribution is -0.126. The first-order valence-corrected chi connectivity index (χ1v) is 6.27. The van der Waals surface area contributed by atoms with Gasteiger partial charge in [-0.25, -0.2) is 0 Å². The van der Waals surface area contributed by atoms with Gasteiger partial charge in [-0.05, 0) is 12.8 Å². The summed E-state index contributed by atoms with van der Waals surface area (Å²) in [6.45, 7) is 4.35. The minimum atomic E-state index is -0.254. The fourth-order valence-corrected chi connectivity index (χ4v) is 2.57. The van der Waals surface area contributed by atoms with Gasteiger partial charge in [0.15, 0.2) is 0 Å². The molecule has 1 unspecified atom stereocenters. The molecule has 0 amide bonds. The van der Waals surface area contributed by atoms with E-state index in [9.17, 15) is 4.79 Å². The lowest BCUT2D eigenvalue weighted by Gasteiger charge is -2.40. The van der Waals surface area contributed by atoms with E-state index in [-0.39, 0.29) is 18.1 Å². The Morgan fingerprint density at radius 1 is 1.35 bits per heavy atom. The summed E-state index contributed by atoms with van der Waals surface area (Å²) in [5.41, 5.74) is -0.254. The summed E-state index contributed by atoms with van der Waals surface area (Å²) in [4.78, 5) is 13.6. The van der Waals surface area contributed by atoms with Crippen molar-refractivity contribution in [3.63, 3.8) is 0 Å². The Labute approximate surface area is 102 Å². The second-order valence-corrected chi connectivity index (χ2v) is 5.00. The van der Waals surface area contributed by atoms with Gasteiger partial charge in [0.1, 0.15) is 6.29 Å². The molecule has 0 aromatic heterocycles. The van der Waals surface area contributed by atoms with Crippen LogP contribution in [0.15, 0.2) is 0 Å². The number of nitrogens with zero attached hydrogens (tertiary/aromatic N) is 1. The molecule has 0 aliphatic carbocycles. The number of carbonyl (C=O) groups excluding carboxylic acids is 1. The highest BCUT2D eigenvalue weighted by atomic mass is 16.5. The number of ether oxygens (including phenoxy) is 2. The summed E-state index contributed by atoms with van der Waals surface area (Å²) in [6, 6.07) is 0. The molecule has 2 saturated heterocycles. The summed E-state index contributed by atoms with van der Waals surface area (Å²) in [7, 11) is 0. The van der Waals surface area contributed by atoms with Gasteiger partial charge in [-0.2, -0.15) is 0 Å². The van der Waals surface area contributed by atoms with Crippen molar-refractivity contribution < 1.29 is 19.4 Å². The van der Waals surface area contributed by atoms with Crippen molar-refractivity contribution in [2.24, 2.45) is 5.41 Å². The van der Waals surface area contributed by atoms with Crippen LogP contribution in [0.4, 0.5) is 0 Å². The fraction of sp³-hybridized carbons (Fsp3) is 0.917. The van der Waals surface area contributed by atoms with Crippen molar-refractivity contribution in [2.45, 2.75) is 18.9 Å². The van der Waals surface area contributed by atoms with E-state index < -0.39 is 0 Å². The molecule has 2 fully saturated rings. The van der Waals surface area contributed by atoms with Crippen LogP contribution in [0.1, 0.15) is 12.8 Å². The molecule has 2 aliphatic rings. The van der Waals surface area contributed by atoms with Crippen LogP contribution in [-0.4, -0.2) is 68.5 Å². The summed E-state index contributed by atoms with van der Waals surface area (Å²) >= 11 is 0. The van der Waals surface area contributed by atoms with Gasteiger partial charge in [0.2, 0.25) is 0 Å². The molecular formula is C12H21NO4. The molecule has 5 heteroatoms. The van der Waals surface area contributed by atoms with Gasteiger partial charge in [0.05, 0.1) is 19.3 Å². The van der Waals surface area contributed by atoms with Crippen LogP contribution in [0, 0.1) is 5.41 Å². The lowest BCUT2D eigenvalue weighted by Crippen LogP contribution is -2.50. The van der Waals surface area contributed by atoms with Gasteiger partial charge < -0.3 is 19.4 Å². The van der Waals surface area contributed by atoms with E-state index in [0.717, 1.165) is 32.2 Å². The molecule has 1 N–H and O–H groups in total. The third kappa shape index (κ3) is 3.25. The van der Waals surface area contributed by atoms with Gasteiger partial charge in [0, 0.05) is 38.3 Å². The smallest absolute Gasteiger partial charge is 0.127 e. The Morgan fingerprint density at radius 2 is 2.12 bits per heavy atom. The molecular weight excluding hydrogens is 222 g/mol. The standard InChI is InChI=1S/C12H21NO4/c14-8-11-7-13(3-6-17-11)9-12(10-15)1-4-16-5-2-12/h10-11,14H,1-9H2. The largest absolute Gasteiger partial charge is 0.394 e. The predicted molar refractivity (Wildman–Crippen MR) is 61.8 cm³/mol. The summed E-state index contributed by atoms with van der Waals surface area (Å²) in [5, 5.41) is 9.09. The van der Waals surface area contributed by atoms with Crippen LogP contribution >= 0.6 is 0 Å². The van der Waals surface area contributed by atoms with E-state index in [2.05, 4.69) is 4.90 Å². The minimum Gasteiger partial charge on any atom is -0.394 e. The van der Waals surface area contributed by atoms with Gasteiger partial charge in [-0.15, -0.1) is 0 Å². The zero-order chi connectivity index (χ0) is 12.1. The van der Waals surface area contributed by atoms with Crippen molar-refractivity contribution in [1.29, 1.82) is 0 Å². The van der Waals surface area contributed by atoms with E-state index >= 15 is 0 Å². The van der Waals surface area contributed by atoms with E-state index in [1.807, 2.05) is 0 Å². The highest BCUT2D eigenvalue weighted by Crippen LogP contribution is 2.29. The second-order valence-electron chi connectivity index (χ2n) is 5.00. The first-order chi connectivity index (χ1) is 8.28. The first-order valence-electron chi connectivity index (χ1n) is 6.27. The summed E-state index contributed by atoms with van der Waals surface area (Å²) in [5.74, 6) is 0. The highest BCUT2D eigenvalue weighted by Gasteiger charge is 2.35. The molecule has 5 nitrogen and oxygen atoms in total.